The average molecular weight is 660 g/mol. The molecular formula is C46H42FNO2. The van der Waals surface area contributed by atoms with Gasteiger partial charge in [0.05, 0.1) is 11.1 Å². The molecule has 1 heterocycles. The average Bonchev–Trinajstić information content (AvgIpc) is 3.11. The molecule has 7 aromatic rings. The maximum atomic E-state index is 15.1. The third-order valence-corrected chi connectivity index (χ3v) is 10.4. The van der Waals surface area contributed by atoms with Gasteiger partial charge in [-0.05, 0) is 103 Å². The summed E-state index contributed by atoms with van der Waals surface area (Å²) in [6.07, 6.45) is 3.56. The van der Waals surface area contributed by atoms with Gasteiger partial charge >= 0.3 is 5.97 Å². The van der Waals surface area contributed by atoms with Gasteiger partial charge < -0.3 is 5.11 Å². The van der Waals surface area contributed by atoms with Crippen molar-refractivity contribution in [1.29, 1.82) is 0 Å². The number of benzene rings is 6. The Bertz CT molecular complexity index is 2380. The molecule has 0 spiro atoms. The van der Waals surface area contributed by atoms with Crippen LogP contribution in [-0.2, 0) is 18.3 Å². The van der Waals surface area contributed by atoms with E-state index in [0.29, 0.717) is 27.8 Å². The summed E-state index contributed by atoms with van der Waals surface area (Å²) in [4.78, 5) is 14.8. The Morgan fingerprint density at radius 1 is 0.740 bits per heavy atom. The standard InChI is InChI=1S/C36H35F.C10H7NO2/c1-35(2,3)27-16-13-23(14-17-27)24-9-8-10-26(19-24)33-20-25-15-18-29-28-11-6-7-12-30(28)34(37)21-31(29)32(25)22-36(33,4)5;12-10(13)8-3-1-5-9-7(8)4-2-6-11-9/h6-19,21,33H,20,22H2,1-5H3;1-6H,(H,12,13). The molecule has 3 nitrogen and oxygen atoms in total. The highest BCUT2D eigenvalue weighted by atomic mass is 19.1. The van der Waals surface area contributed by atoms with Crippen molar-refractivity contribution in [3.8, 4) is 11.1 Å². The highest BCUT2D eigenvalue weighted by molar-refractivity contribution is 6.09. The minimum absolute atomic E-state index is 0.0537. The first-order valence-electron chi connectivity index (χ1n) is 17.3. The van der Waals surface area contributed by atoms with Crippen molar-refractivity contribution < 1.29 is 14.3 Å². The lowest BCUT2D eigenvalue weighted by Gasteiger charge is -2.41. The van der Waals surface area contributed by atoms with Crippen molar-refractivity contribution >= 4 is 38.4 Å². The fourth-order valence-electron chi connectivity index (χ4n) is 7.67. The van der Waals surface area contributed by atoms with Crippen molar-refractivity contribution in [2.24, 2.45) is 5.41 Å². The summed E-state index contributed by atoms with van der Waals surface area (Å²) in [5.74, 6) is -0.642. The van der Waals surface area contributed by atoms with Gasteiger partial charge in [0.2, 0.25) is 0 Å². The number of aromatic nitrogens is 1. The molecule has 8 rings (SSSR count). The maximum absolute atomic E-state index is 15.1. The molecule has 4 heteroatoms. The van der Waals surface area contributed by atoms with E-state index in [9.17, 15) is 4.79 Å². The summed E-state index contributed by atoms with van der Waals surface area (Å²) in [5.41, 5.74) is 9.16. The highest BCUT2D eigenvalue weighted by Crippen LogP contribution is 2.48. The van der Waals surface area contributed by atoms with Crippen molar-refractivity contribution in [2.45, 2.75) is 58.8 Å². The number of carbonyl (C=O) groups is 1. The topological polar surface area (TPSA) is 50.2 Å². The Labute approximate surface area is 293 Å². The van der Waals surface area contributed by atoms with E-state index in [1.54, 1.807) is 42.6 Å². The van der Waals surface area contributed by atoms with Crippen molar-refractivity contribution in [1.82, 2.24) is 4.98 Å². The van der Waals surface area contributed by atoms with Crippen LogP contribution in [0.3, 0.4) is 0 Å². The molecule has 0 amide bonds. The van der Waals surface area contributed by atoms with E-state index in [-0.39, 0.29) is 16.6 Å². The zero-order valence-corrected chi connectivity index (χ0v) is 29.3. The summed E-state index contributed by atoms with van der Waals surface area (Å²) in [6, 6.07) is 40.8. The molecule has 0 fully saturated rings. The smallest absolute Gasteiger partial charge is 0.336 e. The molecule has 50 heavy (non-hydrogen) atoms. The number of carboxylic acids is 1. The monoisotopic (exact) mass is 659 g/mol. The predicted octanol–water partition coefficient (Wildman–Crippen LogP) is 11.9. The van der Waals surface area contributed by atoms with Gasteiger partial charge in [-0.25, -0.2) is 9.18 Å². The first-order chi connectivity index (χ1) is 23.9. The molecule has 6 aromatic carbocycles. The Morgan fingerprint density at radius 3 is 2.18 bits per heavy atom. The summed E-state index contributed by atoms with van der Waals surface area (Å²) >= 11 is 0. The number of halogens is 1. The van der Waals surface area contributed by atoms with E-state index in [2.05, 4.69) is 100 Å². The van der Waals surface area contributed by atoms with Gasteiger partial charge in [0.15, 0.2) is 0 Å². The number of hydrogen-bond acceptors (Lipinski definition) is 2. The largest absolute Gasteiger partial charge is 0.478 e. The Morgan fingerprint density at radius 2 is 1.44 bits per heavy atom. The van der Waals surface area contributed by atoms with E-state index in [4.69, 9.17) is 5.11 Å². The number of nitrogens with zero attached hydrogens (tertiary/aromatic N) is 1. The summed E-state index contributed by atoms with van der Waals surface area (Å²) < 4.78 is 15.1. The number of aromatic carboxylic acids is 1. The lowest BCUT2D eigenvalue weighted by atomic mass is 9.63. The number of carboxylic acid groups (broad SMARTS) is 1. The number of hydrogen-bond donors (Lipinski definition) is 1. The molecule has 1 aliphatic carbocycles. The van der Waals surface area contributed by atoms with Crippen LogP contribution in [-0.4, -0.2) is 16.1 Å². The lowest BCUT2D eigenvalue weighted by Crippen LogP contribution is -2.31. The number of pyridine rings is 1. The molecule has 0 aliphatic heterocycles. The molecule has 1 unspecified atom stereocenters. The van der Waals surface area contributed by atoms with Gasteiger partial charge in [-0.15, -0.1) is 0 Å². The Hall–Kier alpha value is -5.35. The van der Waals surface area contributed by atoms with Gasteiger partial charge in [0.25, 0.3) is 0 Å². The van der Waals surface area contributed by atoms with Gasteiger partial charge in [-0.2, -0.15) is 0 Å². The van der Waals surface area contributed by atoms with Crippen molar-refractivity contribution in [3.05, 3.63) is 161 Å². The number of fused-ring (bicyclic) bond motifs is 6. The van der Waals surface area contributed by atoms with E-state index in [1.165, 1.54) is 33.4 Å². The van der Waals surface area contributed by atoms with Crippen LogP contribution in [0.2, 0.25) is 0 Å². The molecule has 0 saturated heterocycles. The molecule has 250 valence electrons. The Kier molecular flexibility index (Phi) is 8.51. The van der Waals surface area contributed by atoms with Crippen LogP contribution >= 0.6 is 0 Å². The van der Waals surface area contributed by atoms with Gasteiger partial charge in [-0.3, -0.25) is 4.98 Å². The van der Waals surface area contributed by atoms with Crippen LogP contribution in [0.25, 0.3) is 43.6 Å². The van der Waals surface area contributed by atoms with Crippen LogP contribution in [0.4, 0.5) is 4.39 Å². The quantitative estimate of drug-likeness (QED) is 0.192. The normalized spacial score (nSPS) is 15.4. The maximum Gasteiger partial charge on any atom is 0.336 e. The molecule has 0 bridgehead atoms. The first kappa shape index (κ1) is 33.2. The third kappa shape index (κ3) is 6.27. The van der Waals surface area contributed by atoms with Gasteiger partial charge in [0.1, 0.15) is 5.82 Å². The fraction of sp³-hybridized carbons (Fsp3) is 0.217. The van der Waals surface area contributed by atoms with E-state index < -0.39 is 5.97 Å². The van der Waals surface area contributed by atoms with Crippen LogP contribution in [0.1, 0.15) is 73.1 Å². The van der Waals surface area contributed by atoms with E-state index in [0.717, 1.165) is 29.0 Å². The summed E-state index contributed by atoms with van der Waals surface area (Å²) in [5, 5.41) is 13.5. The van der Waals surface area contributed by atoms with Crippen LogP contribution in [0, 0.1) is 11.2 Å². The minimum atomic E-state index is -0.918. The molecule has 1 N–H and O–H groups in total. The zero-order chi connectivity index (χ0) is 35.2. The fourth-order valence-corrected chi connectivity index (χ4v) is 7.67. The summed E-state index contributed by atoms with van der Waals surface area (Å²) in [6.45, 7) is 11.5. The van der Waals surface area contributed by atoms with Crippen LogP contribution < -0.4 is 0 Å². The van der Waals surface area contributed by atoms with Crippen LogP contribution in [0.15, 0.2) is 128 Å². The second kappa shape index (κ2) is 12.8. The van der Waals surface area contributed by atoms with Crippen molar-refractivity contribution in [3.63, 3.8) is 0 Å². The van der Waals surface area contributed by atoms with Crippen LogP contribution in [0.5, 0.6) is 0 Å². The molecule has 1 aliphatic rings. The van der Waals surface area contributed by atoms with E-state index in [1.807, 2.05) is 24.3 Å². The molecule has 0 saturated carbocycles. The molecule has 1 aromatic heterocycles. The SMILES string of the molecule is CC(C)(C)c1ccc(-c2cccc(C3Cc4ccc5c(cc(F)c6ccccc65)c4CC3(C)C)c2)cc1.O=C(O)c1cccc2ncccc12. The molecule has 0 radical (unpaired) electrons. The predicted molar refractivity (Wildman–Crippen MR) is 205 cm³/mol. The summed E-state index contributed by atoms with van der Waals surface area (Å²) in [7, 11) is 0. The lowest BCUT2D eigenvalue weighted by molar-refractivity contribution is 0.0699. The van der Waals surface area contributed by atoms with Gasteiger partial charge in [0, 0.05) is 17.0 Å². The highest BCUT2D eigenvalue weighted by Gasteiger charge is 2.37. The van der Waals surface area contributed by atoms with E-state index >= 15 is 4.39 Å². The first-order valence-corrected chi connectivity index (χ1v) is 17.3. The molecular weight excluding hydrogens is 618 g/mol. The second-order valence-electron chi connectivity index (χ2n) is 15.3. The number of rotatable bonds is 3. The minimum Gasteiger partial charge on any atom is -0.478 e. The van der Waals surface area contributed by atoms with Gasteiger partial charge in [-0.1, -0.05) is 132 Å². The second-order valence-corrected chi connectivity index (χ2v) is 15.3. The third-order valence-electron chi connectivity index (χ3n) is 10.4. The molecule has 1 atom stereocenters. The van der Waals surface area contributed by atoms with Crippen molar-refractivity contribution in [2.75, 3.05) is 0 Å². The Balaban J connectivity index is 0.000000253. The zero-order valence-electron chi connectivity index (χ0n) is 29.3.